The maximum atomic E-state index is 9.93. The average molecular weight is 309 g/mol. The van der Waals surface area contributed by atoms with Gasteiger partial charge in [0.15, 0.2) is 5.96 Å². The Balaban J connectivity index is 1.54. The number of guanidine groups is 1. The van der Waals surface area contributed by atoms with Crippen LogP contribution in [0.4, 0.5) is 0 Å². The molecule has 0 spiro atoms. The summed E-state index contributed by atoms with van der Waals surface area (Å²) < 4.78 is 5.96. The molecule has 1 aliphatic heterocycles. The molecule has 5 unspecified atom stereocenters. The molecule has 2 aliphatic carbocycles. The third-order valence-corrected chi connectivity index (χ3v) is 6.00. The Morgan fingerprint density at radius 3 is 2.77 bits per heavy atom. The van der Waals surface area contributed by atoms with Crippen molar-refractivity contribution in [3.63, 3.8) is 0 Å². The van der Waals surface area contributed by atoms with E-state index in [1.807, 2.05) is 7.05 Å². The van der Waals surface area contributed by atoms with Gasteiger partial charge in [-0.1, -0.05) is 20.3 Å². The Morgan fingerprint density at radius 2 is 2.09 bits per heavy atom. The van der Waals surface area contributed by atoms with Crippen molar-refractivity contribution < 1.29 is 9.84 Å². The Labute approximate surface area is 133 Å². The van der Waals surface area contributed by atoms with Crippen LogP contribution in [0, 0.1) is 17.3 Å². The first-order valence-corrected chi connectivity index (χ1v) is 8.81. The number of ether oxygens (including phenoxy) is 1. The van der Waals surface area contributed by atoms with Crippen molar-refractivity contribution in [1.82, 2.24) is 10.6 Å². The number of nitrogens with one attached hydrogen (secondary N) is 2. The molecule has 126 valence electrons. The summed E-state index contributed by atoms with van der Waals surface area (Å²) in [5.41, 5.74) is 0.148. The standard InChI is InChI=1S/C17H31N3O2/c1-17(2)14(12-7-5-9-22-15(12)17)20-16(18-3)19-10-11-6-4-8-13(11)21/h11-15,21H,4-10H2,1-3H3,(H2,18,19,20). The molecular formula is C17H31N3O2. The summed E-state index contributed by atoms with van der Waals surface area (Å²) >= 11 is 0. The first kappa shape index (κ1) is 16.1. The molecule has 1 saturated heterocycles. The molecular weight excluding hydrogens is 278 g/mol. The van der Waals surface area contributed by atoms with Gasteiger partial charge in [-0.3, -0.25) is 4.99 Å². The van der Waals surface area contributed by atoms with Crippen molar-refractivity contribution in [2.75, 3.05) is 20.2 Å². The van der Waals surface area contributed by atoms with E-state index in [1.54, 1.807) is 0 Å². The summed E-state index contributed by atoms with van der Waals surface area (Å²) in [5.74, 6) is 1.82. The van der Waals surface area contributed by atoms with Crippen molar-refractivity contribution >= 4 is 5.96 Å². The normalized spacial score (nSPS) is 40.7. The van der Waals surface area contributed by atoms with Crippen molar-refractivity contribution in [3.8, 4) is 0 Å². The number of nitrogens with zero attached hydrogens (tertiary/aromatic N) is 1. The highest BCUT2D eigenvalue weighted by Gasteiger charge is 2.58. The molecule has 5 nitrogen and oxygen atoms in total. The molecule has 1 heterocycles. The minimum atomic E-state index is -0.151. The average Bonchev–Trinajstić information content (AvgIpc) is 2.92. The van der Waals surface area contributed by atoms with Crippen LogP contribution in [0.5, 0.6) is 0 Å². The van der Waals surface area contributed by atoms with Gasteiger partial charge >= 0.3 is 0 Å². The van der Waals surface area contributed by atoms with Gasteiger partial charge in [0.2, 0.25) is 0 Å². The second-order valence-corrected chi connectivity index (χ2v) is 7.75. The molecule has 0 aromatic heterocycles. The van der Waals surface area contributed by atoms with E-state index in [9.17, 15) is 5.11 Å². The third-order valence-electron chi connectivity index (χ3n) is 6.00. The first-order valence-electron chi connectivity index (χ1n) is 8.81. The van der Waals surface area contributed by atoms with E-state index in [-0.39, 0.29) is 11.5 Å². The lowest BCUT2D eigenvalue weighted by Crippen LogP contribution is -2.71. The first-order chi connectivity index (χ1) is 10.5. The Bertz CT molecular complexity index is 424. The minimum Gasteiger partial charge on any atom is -0.393 e. The van der Waals surface area contributed by atoms with Crippen LogP contribution < -0.4 is 10.6 Å². The fraction of sp³-hybridized carbons (Fsp3) is 0.941. The molecule has 2 saturated carbocycles. The molecule has 0 amide bonds. The number of aliphatic hydroxyl groups is 1. The number of aliphatic imine (C=N–C) groups is 1. The summed E-state index contributed by atoms with van der Waals surface area (Å²) in [7, 11) is 1.82. The van der Waals surface area contributed by atoms with E-state index >= 15 is 0 Å². The molecule has 5 atom stereocenters. The molecule has 3 aliphatic rings. The topological polar surface area (TPSA) is 65.9 Å². The molecule has 5 heteroatoms. The van der Waals surface area contributed by atoms with Crippen molar-refractivity contribution in [3.05, 3.63) is 0 Å². The summed E-state index contributed by atoms with van der Waals surface area (Å²) in [5, 5.41) is 17.0. The number of hydrogen-bond acceptors (Lipinski definition) is 3. The van der Waals surface area contributed by atoms with Crippen LogP contribution in [0.15, 0.2) is 4.99 Å². The summed E-state index contributed by atoms with van der Waals surface area (Å²) in [6.45, 7) is 6.28. The molecule has 0 radical (unpaired) electrons. The maximum absolute atomic E-state index is 9.93. The van der Waals surface area contributed by atoms with Crippen LogP contribution in [-0.2, 0) is 4.74 Å². The number of hydrogen-bond donors (Lipinski definition) is 3. The van der Waals surface area contributed by atoms with Crippen LogP contribution in [-0.4, -0.2) is 49.5 Å². The quantitative estimate of drug-likeness (QED) is 0.546. The number of rotatable bonds is 3. The van der Waals surface area contributed by atoms with Crippen molar-refractivity contribution in [2.45, 2.75) is 64.2 Å². The van der Waals surface area contributed by atoms with E-state index in [4.69, 9.17) is 4.74 Å². The Hall–Kier alpha value is -0.810. The number of aliphatic hydroxyl groups excluding tert-OH is 1. The van der Waals surface area contributed by atoms with Gasteiger partial charge in [0.05, 0.1) is 12.2 Å². The van der Waals surface area contributed by atoms with Crippen LogP contribution in [0.25, 0.3) is 0 Å². The second kappa shape index (κ2) is 6.36. The van der Waals surface area contributed by atoms with Crippen molar-refractivity contribution in [1.29, 1.82) is 0 Å². The van der Waals surface area contributed by atoms with Crippen LogP contribution in [0.3, 0.4) is 0 Å². The van der Waals surface area contributed by atoms with E-state index in [1.165, 1.54) is 6.42 Å². The zero-order valence-corrected chi connectivity index (χ0v) is 14.1. The minimum absolute atomic E-state index is 0.148. The largest absolute Gasteiger partial charge is 0.393 e. The van der Waals surface area contributed by atoms with Gasteiger partial charge in [0, 0.05) is 43.5 Å². The highest BCUT2D eigenvalue weighted by molar-refractivity contribution is 5.80. The van der Waals surface area contributed by atoms with Gasteiger partial charge in [0.1, 0.15) is 0 Å². The van der Waals surface area contributed by atoms with Gasteiger partial charge in [0.25, 0.3) is 0 Å². The summed E-state index contributed by atoms with van der Waals surface area (Å²) in [6.07, 6.45) is 5.82. The van der Waals surface area contributed by atoms with Crippen LogP contribution in [0.1, 0.15) is 46.0 Å². The molecule has 3 fully saturated rings. The van der Waals surface area contributed by atoms with E-state index in [0.717, 1.165) is 44.8 Å². The molecule has 3 rings (SSSR count). The van der Waals surface area contributed by atoms with Gasteiger partial charge < -0.3 is 20.5 Å². The summed E-state index contributed by atoms with van der Waals surface area (Å²) in [4.78, 5) is 4.37. The predicted octanol–water partition coefficient (Wildman–Crippen LogP) is 1.52. The summed E-state index contributed by atoms with van der Waals surface area (Å²) in [6, 6.07) is 0.414. The lowest BCUT2D eigenvalue weighted by Gasteiger charge is -2.60. The molecule has 0 aromatic carbocycles. The lowest BCUT2D eigenvalue weighted by atomic mass is 9.55. The SMILES string of the molecule is CN=C(NCC1CCCC1O)NC1C2CCCOC2C1(C)C. The smallest absolute Gasteiger partial charge is 0.191 e. The van der Waals surface area contributed by atoms with Gasteiger partial charge in [-0.25, -0.2) is 0 Å². The molecule has 0 bridgehead atoms. The predicted molar refractivity (Wildman–Crippen MR) is 87.9 cm³/mol. The zero-order valence-electron chi connectivity index (χ0n) is 14.1. The van der Waals surface area contributed by atoms with Crippen LogP contribution >= 0.6 is 0 Å². The van der Waals surface area contributed by atoms with E-state index in [2.05, 4.69) is 29.5 Å². The van der Waals surface area contributed by atoms with E-state index < -0.39 is 0 Å². The van der Waals surface area contributed by atoms with Crippen molar-refractivity contribution in [2.24, 2.45) is 22.2 Å². The van der Waals surface area contributed by atoms with Gasteiger partial charge in [-0.2, -0.15) is 0 Å². The lowest BCUT2D eigenvalue weighted by molar-refractivity contribution is -0.188. The third kappa shape index (κ3) is 2.85. The van der Waals surface area contributed by atoms with Gasteiger partial charge in [-0.15, -0.1) is 0 Å². The monoisotopic (exact) mass is 309 g/mol. The maximum Gasteiger partial charge on any atom is 0.191 e. The highest BCUT2D eigenvalue weighted by atomic mass is 16.5. The Morgan fingerprint density at radius 1 is 1.27 bits per heavy atom. The fourth-order valence-corrected chi connectivity index (χ4v) is 4.64. The number of fused-ring (bicyclic) bond motifs is 1. The molecule has 22 heavy (non-hydrogen) atoms. The highest BCUT2D eigenvalue weighted by Crippen LogP contribution is 2.51. The van der Waals surface area contributed by atoms with Gasteiger partial charge in [-0.05, 0) is 25.7 Å². The zero-order chi connectivity index (χ0) is 15.7. The second-order valence-electron chi connectivity index (χ2n) is 7.75. The fourth-order valence-electron chi connectivity index (χ4n) is 4.64. The molecule has 0 aromatic rings. The van der Waals surface area contributed by atoms with Crippen LogP contribution in [0.2, 0.25) is 0 Å². The Kier molecular flexibility index (Phi) is 4.64. The molecule has 3 N–H and O–H groups in total. The van der Waals surface area contributed by atoms with E-state index in [0.29, 0.717) is 24.0 Å².